The lowest BCUT2D eigenvalue weighted by Crippen LogP contribution is -2.23. The summed E-state index contributed by atoms with van der Waals surface area (Å²) in [4.78, 5) is 26.5. The van der Waals surface area contributed by atoms with Crippen LogP contribution >= 0.6 is 0 Å². The lowest BCUT2D eigenvalue weighted by atomic mass is 10.2. The van der Waals surface area contributed by atoms with Gasteiger partial charge in [0.05, 0.1) is 12.2 Å². The molecule has 1 heterocycles. The quantitative estimate of drug-likeness (QED) is 0.543. The Morgan fingerprint density at radius 2 is 2.20 bits per heavy atom. The molecule has 1 saturated heterocycles. The molecule has 76 valence electrons. The van der Waals surface area contributed by atoms with Crippen molar-refractivity contribution in [3.05, 3.63) is 24.3 Å². The highest BCUT2D eigenvalue weighted by Crippen LogP contribution is 2.29. The Kier molecular flexibility index (Phi) is 2.48. The number of amides is 1. The summed E-state index contributed by atoms with van der Waals surface area (Å²) in [7, 11) is 0. The molecule has 1 aliphatic heterocycles. The average Bonchev–Trinajstić information content (AvgIpc) is 2.66. The number of ether oxygens (including phenoxy) is 1. The Hall–Kier alpha value is -2.13. The molecule has 5 heteroatoms. The summed E-state index contributed by atoms with van der Waals surface area (Å²) in [5.41, 5.74) is 0.995. The Balaban J connectivity index is 2.42. The minimum Gasteiger partial charge on any atom is -0.447 e. The van der Waals surface area contributed by atoms with Crippen molar-refractivity contribution in [2.75, 3.05) is 18.1 Å². The summed E-state index contributed by atoms with van der Waals surface area (Å²) in [5, 5.41) is 0. The van der Waals surface area contributed by atoms with Gasteiger partial charge in [0.1, 0.15) is 12.3 Å². The van der Waals surface area contributed by atoms with Crippen LogP contribution in [0.2, 0.25) is 0 Å². The maximum atomic E-state index is 11.3. The van der Waals surface area contributed by atoms with E-state index >= 15 is 0 Å². The number of nitrogens with zero attached hydrogens (tertiary/aromatic N) is 2. The predicted molar refractivity (Wildman–Crippen MR) is 52.9 cm³/mol. The van der Waals surface area contributed by atoms with Crippen LogP contribution in [0.15, 0.2) is 29.3 Å². The summed E-state index contributed by atoms with van der Waals surface area (Å²) in [6, 6.07) is 6.86. The molecule has 2 rings (SSSR count). The maximum absolute atomic E-state index is 11.3. The maximum Gasteiger partial charge on any atom is 0.414 e. The third-order valence-corrected chi connectivity index (χ3v) is 2.10. The van der Waals surface area contributed by atoms with Gasteiger partial charge in [-0.2, -0.15) is 4.99 Å². The highest BCUT2D eigenvalue weighted by atomic mass is 16.6. The van der Waals surface area contributed by atoms with E-state index in [1.165, 1.54) is 11.0 Å². The zero-order chi connectivity index (χ0) is 10.7. The second-order valence-electron chi connectivity index (χ2n) is 2.96. The lowest BCUT2D eigenvalue weighted by Gasteiger charge is -2.13. The van der Waals surface area contributed by atoms with Crippen LogP contribution in [-0.4, -0.2) is 25.3 Å². The second-order valence-corrected chi connectivity index (χ2v) is 2.96. The van der Waals surface area contributed by atoms with Crippen molar-refractivity contribution in [2.24, 2.45) is 4.99 Å². The van der Waals surface area contributed by atoms with Crippen molar-refractivity contribution in [1.82, 2.24) is 0 Å². The van der Waals surface area contributed by atoms with Crippen molar-refractivity contribution in [3.63, 3.8) is 0 Å². The number of aliphatic imine (C=N–C) groups is 1. The molecule has 0 N–H and O–H groups in total. The number of isocyanates is 1. The van der Waals surface area contributed by atoms with Crippen molar-refractivity contribution in [3.8, 4) is 0 Å². The van der Waals surface area contributed by atoms with E-state index in [0.717, 1.165) is 0 Å². The Morgan fingerprint density at radius 1 is 1.40 bits per heavy atom. The number of carbonyl (C=O) groups excluding carboxylic acids is 2. The van der Waals surface area contributed by atoms with Crippen molar-refractivity contribution in [2.45, 2.75) is 0 Å². The van der Waals surface area contributed by atoms with E-state index in [9.17, 15) is 9.59 Å². The first-order valence-electron chi connectivity index (χ1n) is 4.44. The smallest absolute Gasteiger partial charge is 0.414 e. The Morgan fingerprint density at radius 3 is 2.87 bits per heavy atom. The van der Waals surface area contributed by atoms with E-state index in [0.29, 0.717) is 24.5 Å². The van der Waals surface area contributed by atoms with Crippen LogP contribution in [0.25, 0.3) is 0 Å². The molecular formula is C10H8N2O3. The van der Waals surface area contributed by atoms with Crippen LogP contribution in [0.4, 0.5) is 16.2 Å². The minimum atomic E-state index is -0.413. The monoisotopic (exact) mass is 204 g/mol. The first-order chi connectivity index (χ1) is 7.33. The predicted octanol–water partition coefficient (Wildman–Crippen LogP) is 1.61. The number of anilines is 1. The Labute approximate surface area is 86.0 Å². The fraction of sp³-hybridized carbons (Fsp3) is 0.200. The molecule has 0 bridgehead atoms. The van der Waals surface area contributed by atoms with Crippen molar-refractivity contribution >= 4 is 23.5 Å². The van der Waals surface area contributed by atoms with E-state index in [2.05, 4.69) is 4.99 Å². The highest BCUT2D eigenvalue weighted by Gasteiger charge is 2.25. The van der Waals surface area contributed by atoms with Gasteiger partial charge in [-0.25, -0.2) is 9.59 Å². The molecule has 0 unspecified atom stereocenters. The van der Waals surface area contributed by atoms with Gasteiger partial charge in [-0.15, -0.1) is 0 Å². The number of carbonyl (C=O) groups is 1. The van der Waals surface area contributed by atoms with Gasteiger partial charge in [-0.05, 0) is 12.1 Å². The van der Waals surface area contributed by atoms with Gasteiger partial charge in [0, 0.05) is 0 Å². The Bertz CT molecular complexity index is 438. The first-order valence-corrected chi connectivity index (χ1v) is 4.44. The number of hydrogen-bond acceptors (Lipinski definition) is 4. The molecule has 1 amide bonds. The van der Waals surface area contributed by atoms with Gasteiger partial charge in [-0.1, -0.05) is 12.1 Å². The van der Waals surface area contributed by atoms with E-state index in [1.54, 1.807) is 24.3 Å². The zero-order valence-corrected chi connectivity index (χ0v) is 7.84. The van der Waals surface area contributed by atoms with Gasteiger partial charge in [0.15, 0.2) is 0 Å². The van der Waals surface area contributed by atoms with Crippen LogP contribution in [0, 0.1) is 0 Å². The molecule has 0 aliphatic carbocycles. The van der Waals surface area contributed by atoms with Gasteiger partial charge < -0.3 is 4.74 Å². The van der Waals surface area contributed by atoms with E-state index in [-0.39, 0.29) is 0 Å². The number of cyclic esters (lactones) is 1. The third-order valence-electron chi connectivity index (χ3n) is 2.10. The zero-order valence-electron chi connectivity index (χ0n) is 7.84. The van der Waals surface area contributed by atoms with Crippen LogP contribution in [0.3, 0.4) is 0 Å². The molecule has 0 aromatic heterocycles. The van der Waals surface area contributed by atoms with Crippen LogP contribution in [0.5, 0.6) is 0 Å². The molecule has 1 fully saturated rings. The molecule has 0 saturated carbocycles. The van der Waals surface area contributed by atoms with E-state index in [1.807, 2.05) is 0 Å². The van der Waals surface area contributed by atoms with Gasteiger partial charge in [0.25, 0.3) is 0 Å². The van der Waals surface area contributed by atoms with Crippen molar-refractivity contribution < 1.29 is 14.3 Å². The van der Waals surface area contributed by atoms with Crippen LogP contribution in [0.1, 0.15) is 0 Å². The van der Waals surface area contributed by atoms with Crippen LogP contribution in [-0.2, 0) is 9.53 Å². The normalized spacial score (nSPS) is 14.7. The third kappa shape index (κ3) is 1.73. The largest absolute Gasteiger partial charge is 0.447 e. The lowest BCUT2D eigenvalue weighted by molar-refractivity contribution is 0.181. The van der Waals surface area contributed by atoms with E-state index < -0.39 is 6.09 Å². The first kappa shape index (κ1) is 9.43. The van der Waals surface area contributed by atoms with Crippen molar-refractivity contribution in [1.29, 1.82) is 0 Å². The number of benzene rings is 1. The highest BCUT2D eigenvalue weighted by molar-refractivity contribution is 5.93. The number of para-hydroxylation sites is 2. The molecular weight excluding hydrogens is 196 g/mol. The summed E-state index contributed by atoms with van der Waals surface area (Å²) in [6.07, 6.45) is 1.05. The number of hydrogen-bond donors (Lipinski definition) is 0. The second kappa shape index (κ2) is 3.94. The summed E-state index contributed by atoms with van der Waals surface area (Å²) >= 11 is 0. The topological polar surface area (TPSA) is 59.0 Å². The van der Waals surface area contributed by atoms with Gasteiger partial charge in [0.2, 0.25) is 6.08 Å². The summed E-state index contributed by atoms with van der Waals surface area (Å²) in [5.74, 6) is 0. The fourth-order valence-corrected chi connectivity index (χ4v) is 1.45. The van der Waals surface area contributed by atoms with Gasteiger partial charge in [-0.3, -0.25) is 4.90 Å². The van der Waals surface area contributed by atoms with Gasteiger partial charge >= 0.3 is 6.09 Å². The molecule has 1 aromatic carbocycles. The standard InChI is InChI=1S/C10H8N2O3/c13-7-11-8-3-1-2-4-9(8)12-5-6-15-10(12)14/h1-4H,5-6H2. The molecule has 0 spiro atoms. The molecule has 1 aliphatic rings. The van der Waals surface area contributed by atoms with Crippen LogP contribution < -0.4 is 4.90 Å². The SMILES string of the molecule is O=C=Nc1ccccc1N1CCOC1=O. The minimum absolute atomic E-state index is 0.359. The fourth-order valence-electron chi connectivity index (χ4n) is 1.45. The molecule has 15 heavy (non-hydrogen) atoms. The molecule has 0 atom stereocenters. The molecule has 5 nitrogen and oxygen atoms in total. The summed E-state index contributed by atoms with van der Waals surface area (Å²) in [6.45, 7) is 0.836. The average molecular weight is 204 g/mol. The van der Waals surface area contributed by atoms with E-state index in [4.69, 9.17) is 4.74 Å². The molecule has 1 aromatic rings. The number of rotatable bonds is 2. The summed E-state index contributed by atoms with van der Waals surface area (Å²) < 4.78 is 4.80. The molecule has 0 radical (unpaired) electrons.